The Hall–Kier alpha value is -2.10. The summed E-state index contributed by atoms with van der Waals surface area (Å²) in [5.74, 6) is 0.573. The van der Waals surface area contributed by atoms with Crippen molar-refractivity contribution in [2.45, 2.75) is 32.7 Å². The molecule has 1 saturated carbocycles. The van der Waals surface area contributed by atoms with Crippen LogP contribution in [0.25, 0.3) is 10.9 Å². The summed E-state index contributed by atoms with van der Waals surface area (Å²) in [6, 6.07) is 10.1. The van der Waals surface area contributed by atoms with Crippen molar-refractivity contribution in [2.75, 3.05) is 11.9 Å². The highest BCUT2D eigenvalue weighted by molar-refractivity contribution is 6.00. The van der Waals surface area contributed by atoms with Gasteiger partial charge in [0.15, 0.2) is 0 Å². The van der Waals surface area contributed by atoms with E-state index in [-0.39, 0.29) is 5.91 Å². The normalized spacial score (nSPS) is 20.3. The maximum absolute atomic E-state index is 12.4. The molecular formula is C17H21N3O. The van der Waals surface area contributed by atoms with Crippen LogP contribution in [0.4, 0.5) is 5.69 Å². The molecule has 2 N–H and O–H groups in total. The van der Waals surface area contributed by atoms with E-state index in [4.69, 9.17) is 0 Å². The van der Waals surface area contributed by atoms with Crippen LogP contribution in [0.3, 0.4) is 0 Å². The average Bonchev–Trinajstić information content (AvgIpc) is 3.25. The van der Waals surface area contributed by atoms with Gasteiger partial charge in [-0.15, -0.1) is 0 Å². The van der Waals surface area contributed by atoms with Gasteiger partial charge < -0.3 is 10.6 Å². The number of nitrogens with one attached hydrogen (secondary N) is 2. The molecule has 1 amide bonds. The van der Waals surface area contributed by atoms with Crippen LogP contribution in [0.5, 0.6) is 0 Å². The fourth-order valence-electron chi connectivity index (χ4n) is 2.75. The van der Waals surface area contributed by atoms with Crippen molar-refractivity contribution in [1.82, 2.24) is 10.3 Å². The molecule has 0 bridgehead atoms. The number of hydrogen-bond donors (Lipinski definition) is 2. The number of anilines is 1. The minimum Gasteiger partial charge on any atom is -0.385 e. The Morgan fingerprint density at radius 1 is 1.33 bits per heavy atom. The highest BCUT2D eigenvalue weighted by Crippen LogP contribution is 2.33. The number of benzene rings is 1. The number of hydrogen-bond acceptors (Lipinski definition) is 3. The van der Waals surface area contributed by atoms with Crippen LogP contribution in [0, 0.1) is 5.92 Å². The fraction of sp³-hybridized carbons (Fsp3) is 0.412. The lowest BCUT2D eigenvalue weighted by molar-refractivity contribution is 0.0944. The van der Waals surface area contributed by atoms with Gasteiger partial charge in [-0.05, 0) is 31.4 Å². The van der Waals surface area contributed by atoms with E-state index in [2.05, 4.69) is 22.5 Å². The Morgan fingerprint density at radius 3 is 2.86 bits per heavy atom. The monoisotopic (exact) mass is 283 g/mol. The Kier molecular flexibility index (Phi) is 3.78. The summed E-state index contributed by atoms with van der Waals surface area (Å²) in [5.41, 5.74) is 2.31. The molecule has 1 aliphatic rings. The third-order valence-electron chi connectivity index (χ3n) is 4.08. The van der Waals surface area contributed by atoms with E-state index in [0.717, 1.165) is 36.0 Å². The van der Waals surface area contributed by atoms with Gasteiger partial charge in [-0.3, -0.25) is 4.79 Å². The molecule has 0 saturated heterocycles. The topological polar surface area (TPSA) is 54.0 Å². The second-order valence-electron chi connectivity index (χ2n) is 5.59. The Morgan fingerprint density at radius 2 is 2.14 bits per heavy atom. The highest BCUT2D eigenvalue weighted by Gasteiger charge is 2.36. The van der Waals surface area contributed by atoms with E-state index < -0.39 is 0 Å². The van der Waals surface area contributed by atoms with Crippen LogP contribution in [-0.2, 0) is 0 Å². The zero-order valence-electron chi connectivity index (χ0n) is 12.5. The van der Waals surface area contributed by atoms with Crippen LogP contribution in [0.1, 0.15) is 37.2 Å². The van der Waals surface area contributed by atoms with Gasteiger partial charge >= 0.3 is 0 Å². The third-order valence-corrected chi connectivity index (χ3v) is 4.08. The van der Waals surface area contributed by atoms with Gasteiger partial charge in [0.2, 0.25) is 0 Å². The van der Waals surface area contributed by atoms with E-state index in [1.807, 2.05) is 37.3 Å². The quantitative estimate of drug-likeness (QED) is 0.886. The number of amides is 1. The van der Waals surface area contributed by atoms with Crippen LogP contribution >= 0.6 is 0 Å². The van der Waals surface area contributed by atoms with Crippen molar-refractivity contribution >= 4 is 22.5 Å². The summed E-state index contributed by atoms with van der Waals surface area (Å²) >= 11 is 0. The molecule has 1 aromatic carbocycles. The second-order valence-corrected chi connectivity index (χ2v) is 5.59. The molecule has 110 valence electrons. The number of nitrogens with zero attached hydrogens (tertiary/aromatic N) is 1. The SMILES string of the molecule is CCNc1cc(C(=O)NC2CC2CC)nc2ccccc12. The first-order valence-corrected chi connectivity index (χ1v) is 7.67. The Bertz CT molecular complexity index is 668. The fourth-order valence-corrected chi connectivity index (χ4v) is 2.75. The summed E-state index contributed by atoms with van der Waals surface area (Å²) in [4.78, 5) is 16.9. The standard InChI is InChI=1S/C17H21N3O/c1-3-11-9-14(11)20-17(21)16-10-15(18-4-2)12-7-5-6-8-13(12)19-16/h5-8,10-11,14H,3-4,9H2,1-2H3,(H,18,19)(H,20,21). The summed E-state index contributed by atoms with van der Waals surface area (Å²) in [7, 11) is 0. The Balaban J connectivity index is 1.89. The first-order chi connectivity index (χ1) is 10.2. The molecule has 1 fully saturated rings. The largest absolute Gasteiger partial charge is 0.385 e. The van der Waals surface area contributed by atoms with Crippen molar-refractivity contribution in [3.8, 4) is 0 Å². The van der Waals surface area contributed by atoms with E-state index in [0.29, 0.717) is 17.7 Å². The van der Waals surface area contributed by atoms with E-state index in [1.54, 1.807) is 0 Å². The van der Waals surface area contributed by atoms with E-state index in [1.165, 1.54) is 0 Å². The lowest BCUT2D eigenvalue weighted by Crippen LogP contribution is -2.27. The number of fused-ring (bicyclic) bond motifs is 1. The molecule has 2 aromatic rings. The Labute approximate surface area is 125 Å². The first-order valence-electron chi connectivity index (χ1n) is 7.67. The molecule has 1 aliphatic carbocycles. The molecular weight excluding hydrogens is 262 g/mol. The molecule has 4 heteroatoms. The van der Waals surface area contributed by atoms with Crippen molar-refractivity contribution in [1.29, 1.82) is 0 Å². The van der Waals surface area contributed by atoms with E-state index >= 15 is 0 Å². The summed E-state index contributed by atoms with van der Waals surface area (Å²) in [6.45, 7) is 5.02. The predicted octanol–water partition coefficient (Wildman–Crippen LogP) is 3.19. The molecule has 0 spiro atoms. The van der Waals surface area contributed by atoms with E-state index in [9.17, 15) is 4.79 Å². The lowest BCUT2D eigenvalue weighted by atomic mass is 10.1. The predicted molar refractivity (Wildman–Crippen MR) is 85.6 cm³/mol. The summed E-state index contributed by atoms with van der Waals surface area (Å²) < 4.78 is 0. The summed E-state index contributed by atoms with van der Waals surface area (Å²) in [5, 5.41) is 7.44. The maximum atomic E-state index is 12.4. The van der Waals surface area contributed by atoms with Crippen molar-refractivity contribution in [3.63, 3.8) is 0 Å². The van der Waals surface area contributed by atoms with Gasteiger partial charge in [0.25, 0.3) is 5.91 Å². The number of rotatable bonds is 5. The van der Waals surface area contributed by atoms with Crippen LogP contribution in [-0.4, -0.2) is 23.5 Å². The third kappa shape index (κ3) is 2.84. The minimum atomic E-state index is -0.0687. The van der Waals surface area contributed by atoms with Crippen molar-refractivity contribution < 1.29 is 4.79 Å². The van der Waals surface area contributed by atoms with Crippen molar-refractivity contribution in [2.24, 2.45) is 5.92 Å². The zero-order valence-corrected chi connectivity index (χ0v) is 12.5. The van der Waals surface area contributed by atoms with Crippen LogP contribution < -0.4 is 10.6 Å². The maximum Gasteiger partial charge on any atom is 0.270 e. The summed E-state index contributed by atoms with van der Waals surface area (Å²) in [6.07, 6.45) is 2.22. The van der Waals surface area contributed by atoms with Crippen molar-refractivity contribution in [3.05, 3.63) is 36.0 Å². The number of carbonyl (C=O) groups excluding carboxylic acids is 1. The van der Waals surface area contributed by atoms with Gasteiger partial charge in [-0.1, -0.05) is 31.5 Å². The molecule has 1 heterocycles. The molecule has 0 aliphatic heterocycles. The molecule has 2 atom stereocenters. The minimum absolute atomic E-state index is 0.0687. The second kappa shape index (κ2) is 5.72. The smallest absolute Gasteiger partial charge is 0.270 e. The molecule has 4 nitrogen and oxygen atoms in total. The van der Waals surface area contributed by atoms with Gasteiger partial charge in [0, 0.05) is 23.7 Å². The molecule has 1 aromatic heterocycles. The van der Waals surface area contributed by atoms with Crippen LogP contribution in [0.2, 0.25) is 0 Å². The van der Waals surface area contributed by atoms with Gasteiger partial charge in [-0.2, -0.15) is 0 Å². The van der Waals surface area contributed by atoms with Gasteiger partial charge in [-0.25, -0.2) is 4.98 Å². The highest BCUT2D eigenvalue weighted by atomic mass is 16.2. The van der Waals surface area contributed by atoms with Gasteiger partial charge in [0.1, 0.15) is 5.69 Å². The molecule has 21 heavy (non-hydrogen) atoms. The molecule has 0 radical (unpaired) electrons. The number of pyridine rings is 1. The lowest BCUT2D eigenvalue weighted by Gasteiger charge is -2.11. The van der Waals surface area contributed by atoms with Gasteiger partial charge in [0.05, 0.1) is 5.52 Å². The number of carbonyl (C=O) groups is 1. The first kappa shape index (κ1) is 13.9. The molecule has 2 unspecified atom stereocenters. The number of aromatic nitrogens is 1. The number of para-hydroxylation sites is 1. The molecule has 3 rings (SSSR count). The van der Waals surface area contributed by atoms with Crippen LogP contribution in [0.15, 0.2) is 30.3 Å². The zero-order chi connectivity index (χ0) is 14.8. The average molecular weight is 283 g/mol.